The summed E-state index contributed by atoms with van der Waals surface area (Å²) in [6, 6.07) is 14.5. The summed E-state index contributed by atoms with van der Waals surface area (Å²) in [5.74, 6) is 0.202. The summed E-state index contributed by atoms with van der Waals surface area (Å²) in [6.07, 6.45) is 0. The molecular formula is C15H14F2INO. The van der Waals surface area contributed by atoms with Crippen LogP contribution in [-0.4, -0.2) is 6.61 Å². The molecule has 0 aromatic heterocycles. The van der Waals surface area contributed by atoms with Crippen LogP contribution in [-0.2, 0) is 0 Å². The molecule has 106 valence electrons. The Morgan fingerprint density at radius 1 is 1.05 bits per heavy atom. The van der Waals surface area contributed by atoms with Crippen molar-refractivity contribution in [2.75, 3.05) is 5.32 Å². The minimum Gasteiger partial charge on any atom is -0.434 e. The van der Waals surface area contributed by atoms with E-state index in [0.29, 0.717) is 5.56 Å². The van der Waals surface area contributed by atoms with E-state index in [1.54, 1.807) is 18.2 Å². The molecule has 0 heterocycles. The summed E-state index contributed by atoms with van der Waals surface area (Å²) in [5, 5.41) is 3.31. The number of hydrogen-bond acceptors (Lipinski definition) is 2. The van der Waals surface area contributed by atoms with E-state index >= 15 is 0 Å². The van der Waals surface area contributed by atoms with Gasteiger partial charge < -0.3 is 10.1 Å². The number of para-hydroxylation sites is 2. The summed E-state index contributed by atoms with van der Waals surface area (Å²) in [6.45, 7) is -0.906. The second-order valence-electron chi connectivity index (χ2n) is 4.26. The standard InChI is InChI=1S/C15H14F2INO/c1-10(19-13-8-4-3-7-12(13)18)11-6-2-5-9-14(11)20-15(16)17/h2-10,15,19H,1H3. The van der Waals surface area contributed by atoms with Crippen molar-refractivity contribution in [3.05, 3.63) is 57.7 Å². The third kappa shape index (κ3) is 3.82. The second kappa shape index (κ2) is 6.88. The molecule has 1 unspecified atom stereocenters. The molecule has 0 spiro atoms. The number of halogens is 3. The Morgan fingerprint density at radius 2 is 1.70 bits per heavy atom. The van der Waals surface area contributed by atoms with Gasteiger partial charge in [0.1, 0.15) is 5.75 Å². The Kier molecular flexibility index (Phi) is 5.17. The SMILES string of the molecule is CC(Nc1ccccc1I)c1ccccc1OC(F)F. The molecule has 2 nitrogen and oxygen atoms in total. The molecule has 0 aliphatic rings. The molecule has 2 aromatic rings. The Hall–Kier alpha value is -1.37. The number of anilines is 1. The summed E-state index contributed by atoms with van der Waals surface area (Å²) in [7, 11) is 0. The summed E-state index contributed by atoms with van der Waals surface area (Å²) in [4.78, 5) is 0. The summed E-state index contributed by atoms with van der Waals surface area (Å²) < 4.78 is 30.5. The molecule has 0 aliphatic heterocycles. The number of benzene rings is 2. The largest absolute Gasteiger partial charge is 0.434 e. The highest BCUT2D eigenvalue weighted by Crippen LogP contribution is 2.30. The first kappa shape index (κ1) is 15.0. The van der Waals surface area contributed by atoms with Gasteiger partial charge in [0.05, 0.1) is 6.04 Å². The number of alkyl halides is 2. The van der Waals surface area contributed by atoms with E-state index in [4.69, 9.17) is 0 Å². The molecule has 2 rings (SSSR count). The van der Waals surface area contributed by atoms with Crippen LogP contribution in [0.3, 0.4) is 0 Å². The van der Waals surface area contributed by atoms with Crippen LogP contribution in [0.2, 0.25) is 0 Å². The van der Waals surface area contributed by atoms with E-state index in [1.165, 1.54) is 0 Å². The maximum Gasteiger partial charge on any atom is 0.387 e. The Labute approximate surface area is 130 Å². The fourth-order valence-electron chi connectivity index (χ4n) is 1.93. The molecule has 0 amide bonds. The lowest BCUT2D eigenvalue weighted by Crippen LogP contribution is -2.11. The number of hydrogen-bond donors (Lipinski definition) is 1. The minimum atomic E-state index is -2.82. The van der Waals surface area contributed by atoms with Crippen molar-refractivity contribution in [2.24, 2.45) is 0 Å². The lowest BCUT2D eigenvalue weighted by molar-refractivity contribution is -0.0505. The van der Waals surface area contributed by atoms with Gasteiger partial charge in [0.2, 0.25) is 0 Å². The molecule has 0 saturated carbocycles. The van der Waals surface area contributed by atoms with Gasteiger partial charge in [-0.2, -0.15) is 8.78 Å². The highest BCUT2D eigenvalue weighted by molar-refractivity contribution is 14.1. The molecular weight excluding hydrogens is 375 g/mol. The Morgan fingerprint density at radius 3 is 2.40 bits per heavy atom. The van der Waals surface area contributed by atoms with Crippen molar-refractivity contribution in [3.63, 3.8) is 0 Å². The van der Waals surface area contributed by atoms with E-state index < -0.39 is 6.61 Å². The first-order valence-corrected chi connectivity index (χ1v) is 7.20. The third-order valence-corrected chi connectivity index (χ3v) is 3.79. The van der Waals surface area contributed by atoms with E-state index in [-0.39, 0.29) is 11.8 Å². The van der Waals surface area contributed by atoms with Crippen molar-refractivity contribution >= 4 is 28.3 Å². The van der Waals surface area contributed by atoms with E-state index in [1.807, 2.05) is 37.3 Å². The monoisotopic (exact) mass is 389 g/mol. The highest BCUT2D eigenvalue weighted by Gasteiger charge is 2.14. The average Bonchev–Trinajstić information content (AvgIpc) is 2.41. The number of nitrogens with one attached hydrogen (secondary N) is 1. The number of rotatable bonds is 5. The van der Waals surface area contributed by atoms with Crippen LogP contribution in [0, 0.1) is 3.57 Å². The van der Waals surface area contributed by atoms with Gasteiger partial charge in [0.15, 0.2) is 0 Å². The maximum absolute atomic E-state index is 12.4. The molecule has 0 saturated heterocycles. The van der Waals surface area contributed by atoms with E-state index in [9.17, 15) is 8.78 Å². The zero-order chi connectivity index (χ0) is 14.5. The van der Waals surface area contributed by atoms with Gasteiger partial charge in [0, 0.05) is 14.8 Å². The first-order chi connectivity index (χ1) is 9.58. The predicted octanol–water partition coefficient (Wildman–Crippen LogP) is 5.07. The molecule has 1 N–H and O–H groups in total. The van der Waals surface area contributed by atoms with Gasteiger partial charge in [-0.1, -0.05) is 30.3 Å². The molecule has 0 aliphatic carbocycles. The molecule has 5 heteroatoms. The zero-order valence-electron chi connectivity index (χ0n) is 10.8. The van der Waals surface area contributed by atoms with Crippen LogP contribution in [0.4, 0.5) is 14.5 Å². The average molecular weight is 389 g/mol. The summed E-state index contributed by atoms with van der Waals surface area (Å²) >= 11 is 2.23. The van der Waals surface area contributed by atoms with Crippen LogP contribution in [0.1, 0.15) is 18.5 Å². The van der Waals surface area contributed by atoms with Crippen LogP contribution < -0.4 is 10.1 Å². The fraction of sp³-hybridized carbons (Fsp3) is 0.200. The van der Waals surface area contributed by atoms with E-state index in [2.05, 4.69) is 32.6 Å². The fourth-order valence-corrected chi connectivity index (χ4v) is 2.47. The van der Waals surface area contributed by atoms with Crippen molar-refractivity contribution in [3.8, 4) is 5.75 Å². The van der Waals surface area contributed by atoms with Crippen LogP contribution in [0.15, 0.2) is 48.5 Å². The second-order valence-corrected chi connectivity index (χ2v) is 5.42. The van der Waals surface area contributed by atoms with Crippen LogP contribution >= 0.6 is 22.6 Å². The summed E-state index contributed by atoms with van der Waals surface area (Å²) in [5.41, 5.74) is 1.67. The first-order valence-electron chi connectivity index (χ1n) is 6.12. The van der Waals surface area contributed by atoms with Crippen molar-refractivity contribution < 1.29 is 13.5 Å². The minimum absolute atomic E-state index is 0.138. The Bertz CT molecular complexity index is 577. The molecule has 20 heavy (non-hydrogen) atoms. The smallest absolute Gasteiger partial charge is 0.387 e. The van der Waals surface area contributed by atoms with Crippen LogP contribution in [0.5, 0.6) is 5.75 Å². The third-order valence-electron chi connectivity index (χ3n) is 2.85. The maximum atomic E-state index is 12.4. The lowest BCUT2D eigenvalue weighted by Gasteiger charge is -2.19. The number of ether oxygens (including phenoxy) is 1. The van der Waals surface area contributed by atoms with Crippen LogP contribution in [0.25, 0.3) is 0 Å². The predicted molar refractivity (Wildman–Crippen MR) is 84.3 cm³/mol. The van der Waals surface area contributed by atoms with Gasteiger partial charge in [-0.05, 0) is 47.7 Å². The molecule has 0 fully saturated rings. The molecule has 0 radical (unpaired) electrons. The normalized spacial score (nSPS) is 12.2. The molecule has 2 aromatic carbocycles. The quantitative estimate of drug-likeness (QED) is 0.722. The van der Waals surface area contributed by atoms with Crippen molar-refractivity contribution in [1.82, 2.24) is 0 Å². The van der Waals surface area contributed by atoms with Crippen molar-refractivity contribution in [2.45, 2.75) is 19.6 Å². The highest BCUT2D eigenvalue weighted by atomic mass is 127. The lowest BCUT2D eigenvalue weighted by atomic mass is 10.1. The van der Waals surface area contributed by atoms with Gasteiger partial charge in [0.25, 0.3) is 0 Å². The van der Waals surface area contributed by atoms with Gasteiger partial charge in [-0.25, -0.2) is 0 Å². The van der Waals surface area contributed by atoms with Crippen molar-refractivity contribution in [1.29, 1.82) is 0 Å². The zero-order valence-corrected chi connectivity index (χ0v) is 13.0. The van der Waals surface area contributed by atoms with E-state index in [0.717, 1.165) is 9.26 Å². The molecule has 1 atom stereocenters. The molecule has 0 bridgehead atoms. The van der Waals surface area contributed by atoms with Gasteiger partial charge >= 0.3 is 6.61 Å². The Balaban J connectivity index is 2.21. The van der Waals surface area contributed by atoms with Gasteiger partial charge in [-0.15, -0.1) is 0 Å². The van der Waals surface area contributed by atoms with Gasteiger partial charge in [-0.3, -0.25) is 0 Å². The topological polar surface area (TPSA) is 21.3 Å².